The minimum absolute atomic E-state index is 0.411. The van der Waals surface area contributed by atoms with Crippen LogP contribution in [0.1, 0.15) is 0 Å². The van der Waals surface area contributed by atoms with Crippen LogP contribution in [0, 0.1) is 0 Å². The van der Waals surface area contributed by atoms with Gasteiger partial charge >= 0.3 is 0 Å². The first-order valence-electron chi connectivity index (χ1n) is 6.03. The van der Waals surface area contributed by atoms with E-state index in [-0.39, 0.29) is 0 Å². The van der Waals surface area contributed by atoms with Crippen LogP contribution < -0.4 is 10.5 Å². The summed E-state index contributed by atoms with van der Waals surface area (Å²) in [6, 6.07) is 9.38. The highest BCUT2D eigenvalue weighted by atomic mass is 35.5. The molecular weight excluding hydrogens is 329 g/mol. The van der Waals surface area contributed by atoms with Gasteiger partial charge in [-0.3, -0.25) is 5.10 Å². The van der Waals surface area contributed by atoms with Gasteiger partial charge in [0.2, 0.25) is 0 Å². The first-order valence-corrected chi connectivity index (χ1v) is 7.61. The molecule has 0 aliphatic rings. The normalized spacial score (nSPS) is 10.8. The topological polar surface area (TPSA) is 63.9 Å². The number of aromatic nitrogens is 2. The van der Waals surface area contributed by atoms with Crippen molar-refractivity contribution in [1.29, 1.82) is 0 Å². The van der Waals surface area contributed by atoms with Crippen molar-refractivity contribution in [3.05, 3.63) is 39.0 Å². The predicted octanol–water partition coefficient (Wildman–Crippen LogP) is 4.70. The SMILES string of the molecule is COc1ccc(-c2c(N)n[nH]c2-c2cc(Cl)sc2Cl)cc1. The predicted molar refractivity (Wildman–Crippen MR) is 88.3 cm³/mol. The maximum atomic E-state index is 6.22. The summed E-state index contributed by atoms with van der Waals surface area (Å²) in [6.45, 7) is 0. The van der Waals surface area contributed by atoms with Crippen molar-refractivity contribution in [2.45, 2.75) is 0 Å². The third kappa shape index (κ3) is 2.60. The number of nitrogens with one attached hydrogen (secondary N) is 1. The summed E-state index contributed by atoms with van der Waals surface area (Å²) in [5.74, 6) is 1.19. The van der Waals surface area contributed by atoms with Gasteiger partial charge in [-0.25, -0.2) is 0 Å². The smallest absolute Gasteiger partial charge is 0.153 e. The number of ether oxygens (including phenoxy) is 1. The number of nitrogen functional groups attached to an aromatic ring is 1. The van der Waals surface area contributed by atoms with E-state index in [1.165, 1.54) is 11.3 Å². The second-order valence-electron chi connectivity index (χ2n) is 4.33. The maximum absolute atomic E-state index is 6.22. The van der Waals surface area contributed by atoms with E-state index in [2.05, 4.69) is 10.2 Å². The van der Waals surface area contributed by atoms with E-state index in [9.17, 15) is 0 Å². The highest BCUT2D eigenvalue weighted by Crippen LogP contribution is 2.42. The lowest BCUT2D eigenvalue weighted by atomic mass is 10.0. The number of nitrogens with two attached hydrogens (primary N) is 1. The first kappa shape index (κ1) is 14.3. The Bertz CT molecular complexity index is 780. The summed E-state index contributed by atoms with van der Waals surface area (Å²) in [6.07, 6.45) is 0. The summed E-state index contributed by atoms with van der Waals surface area (Å²) in [5, 5.41) is 7.02. The van der Waals surface area contributed by atoms with Crippen molar-refractivity contribution < 1.29 is 4.74 Å². The van der Waals surface area contributed by atoms with Crippen molar-refractivity contribution in [1.82, 2.24) is 10.2 Å². The molecule has 0 radical (unpaired) electrons. The minimum atomic E-state index is 0.411. The fraction of sp³-hybridized carbons (Fsp3) is 0.0714. The van der Waals surface area contributed by atoms with Crippen LogP contribution >= 0.6 is 34.5 Å². The Morgan fingerprint density at radius 3 is 2.52 bits per heavy atom. The van der Waals surface area contributed by atoms with E-state index in [4.69, 9.17) is 33.7 Å². The van der Waals surface area contributed by atoms with Gasteiger partial charge in [-0.15, -0.1) is 11.3 Å². The van der Waals surface area contributed by atoms with E-state index >= 15 is 0 Å². The summed E-state index contributed by atoms with van der Waals surface area (Å²) in [7, 11) is 1.62. The first-order chi connectivity index (χ1) is 10.1. The van der Waals surface area contributed by atoms with Gasteiger partial charge in [0.25, 0.3) is 0 Å². The van der Waals surface area contributed by atoms with Gasteiger partial charge in [-0.2, -0.15) is 5.10 Å². The standard InChI is InChI=1S/C14H11Cl2N3OS/c1-20-8-4-2-7(3-5-8)11-12(18-19-14(11)17)9-6-10(15)21-13(9)16/h2-6H,1H3,(H3,17,18,19). The molecule has 0 amide bonds. The van der Waals surface area contributed by atoms with Crippen LogP contribution in [-0.2, 0) is 0 Å². The molecule has 4 nitrogen and oxygen atoms in total. The van der Waals surface area contributed by atoms with E-state index in [0.29, 0.717) is 14.5 Å². The van der Waals surface area contributed by atoms with Crippen molar-refractivity contribution in [2.75, 3.05) is 12.8 Å². The number of H-pyrrole nitrogens is 1. The molecule has 0 bridgehead atoms. The second-order valence-corrected chi connectivity index (χ2v) is 6.61. The number of halogens is 2. The van der Waals surface area contributed by atoms with Crippen molar-refractivity contribution >= 4 is 40.4 Å². The number of hydrogen-bond donors (Lipinski definition) is 2. The lowest BCUT2D eigenvalue weighted by Crippen LogP contribution is -1.89. The van der Waals surface area contributed by atoms with E-state index in [1.807, 2.05) is 24.3 Å². The number of benzene rings is 1. The maximum Gasteiger partial charge on any atom is 0.153 e. The third-order valence-electron chi connectivity index (χ3n) is 3.10. The molecule has 1 aromatic carbocycles. The molecule has 3 aromatic rings. The number of hydrogen-bond acceptors (Lipinski definition) is 4. The molecule has 7 heteroatoms. The van der Waals surface area contributed by atoms with Crippen LogP contribution in [0.15, 0.2) is 30.3 Å². The Labute approximate surface area is 135 Å². The fourth-order valence-corrected chi connectivity index (χ4v) is 3.59. The van der Waals surface area contributed by atoms with Crippen LogP contribution in [0.2, 0.25) is 8.67 Å². The summed E-state index contributed by atoms with van der Waals surface area (Å²) in [5.41, 5.74) is 9.27. The van der Waals surface area contributed by atoms with Crippen molar-refractivity contribution in [3.63, 3.8) is 0 Å². The lowest BCUT2D eigenvalue weighted by Gasteiger charge is -2.05. The van der Waals surface area contributed by atoms with Crippen molar-refractivity contribution in [2.24, 2.45) is 0 Å². The fourth-order valence-electron chi connectivity index (χ4n) is 2.11. The van der Waals surface area contributed by atoms with Crippen LogP contribution in [0.5, 0.6) is 5.75 Å². The molecule has 2 aromatic heterocycles. The van der Waals surface area contributed by atoms with E-state index in [0.717, 1.165) is 28.1 Å². The van der Waals surface area contributed by atoms with Gasteiger partial charge in [0, 0.05) is 5.56 Å². The molecule has 0 aliphatic heterocycles. The van der Waals surface area contributed by atoms with Gasteiger partial charge in [-0.1, -0.05) is 35.3 Å². The van der Waals surface area contributed by atoms with Crippen molar-refractivity contribution in [3.8, 4) is 28.1 Å². The van der Waals surface area contributed by atoms with Crippen LogP contribution in [0.4, 0.5) is 5.82 Å². The zero-order valence-electron chi connectivity index (χ0n) is 11.0. The molecule has 0 saturated heterocycles. The molecule has 0 atom stereocenters. The molecular formula is C14H11Cl2N3OS. The molecule has 21 heavy (non-hydrogen) atoms. The summed E-state index contributed by atoms with van der Waals surface area (Å²) >= 11 is 13.5. The van der Waals surface area contributed by atoms with E-state index in [1.54, 1.807) is 13.2 Å². The monoisotopic (exact) mass is 339 g/mol. The van der Waals surface area contributed by atoms with Gasteiger partial charge in [0.1, 0.15) is 10.1 Å². The number of thiophene rings is 1. The molecule has 0 spiro atoms. The average Bonchev–Trinajstić information content (AvgIpc) is 3.01. The quantitative estimate of drug-likeness (QED) is 0.726. The molecule has 3 N–H and O–H groups in total. The van der Waals surface area contributed by atoms with Gasteiger partial charge < -0.3 is 10.5 Å². The van der Waals surface area contributed by atoms with Gasteiger partial charge in [0.15, 0.2) is 5.82 Å². The minimum Gasteiger partial charge on any atom is -0.497 e. The van der Waals surface area contributed by atoms with Gasteiger partial charge in [-0.05, 0) is 23.8 Å². The van der Waals surface area contributed by atoms with Crippen LogP contribution in [0.25, 0.3) is 22.4 Å². The molecule has 2 heterocycles. The zero-order valence-corrected chi connectivity index (χ0v) is 13.3. The van der Waals surface area contributed by atoms with E-state index < -0.39 is 0 Å². The highest BCUT2D eigenvalue weighted by molar-refractivity contribution is 7.20. The number of rotatable bonds is 3. The number of nitrogens with zero attached hydrogens (tertiary/aromatic N) is 1. The van der Waals surface area contributed by atoms with Crippen LogP contribution in [-0.4, -0.2) is 17.3 Å². The Balaban J connectivity index is 2.14. The third-order valence-corrected chi connectivity index (χ3v) is 4.59. The summed E-state index contributed by atoms with van der Waals surface area (Å²) in [4.78, 5) is 0. The zero-order chi connectivity index (χ0) is 15.0. The van der Waals surface area contributed by atoms with Gasteiger partial charge in [0.05, 0.1) is 22.7 Å². The second kappa shape index (κ2) is 5.60. The number of methoxy groups -OCH3 is 1. The molecule has 0 aliphatic carbocycles. The number of aromatic amines is 1. The Morgan fingerprint density at radius 2 is 1.95 bits per heavy atom. The summed E-state index contributed by atoms with van der Waals surface area (Å²) < 4.78 is 6.37. The van der Waals surface area contributed by atoms with Crippen LogP contribution in [0.3, 0.4) is 0 Å². The Morgan fingerprint density at radius 1 is 1.24 bits per heavy atom. The molecule has 0 saturated carbocycles. The number of anilines is 1. The Hall–Kier alpha value is -1.69. The largest absolute Gasteiger partial charge is 0.497 e. The Kier molecular flexibility index (Phi) is 3.80. The molecule has 108 valence electrons. The molecule has 0 unspecified atom stereocenters. The molecule has 3 rings (SSSR count). The highest BCUT2D eigenvalue weighted by Gasteiger charge is 2.18. The lowest BCUT2D eigenvalue weighted by molar-refractivity contribution is 0.415. The molecule has 0 fully saturated rings. The average molecular weight is 340 g/mol.